The molecule has 0 atom stereocenters. The molecular weight excluding hydrogens is 93.7 g/mol. The minimum Gasteiger partial charge on any atom is -0.0967 e. The molecule has 0 unspecified atom stereocenters. The summed E-state index contributed by atoms with van der Waals surface area (Å²) in [6.45, 7) is 0. The van der Waals surface area contributed by atoms with Crippen molar-refractivity contribution >= 4 is 26.6 Å². The van der Waals surface area contributed by atoms with E-state index in [0.29, 0.717) is 0 Å². The zero-order chi connectivity index (χ0) is 5.98. The van der Waals surface area contributed by atoms with Crippen LogP contribution in [0, 0.1) is 0 Å². The summed E-state index contributed by atoms with van der Waals surface area (Å²) in [5, 5.41) is 0. The maximum atomic E-state index is 5.37. The first-order valence-electron chi connectivity index (χ1n) is 2.40. The van der Waals surface area contributed by atoms with Crippen LogP contribution in [-0.2, 0) is 0 Å². The van der Waals surface area contributed by atoms with Gasteiger partial charge in [-0.2, -0.15) is 0 Å². The molecule has 0 saturated carbocycles. The summed E-state index contributed by atoms with van der Waals surface area (Å²) >= 11 is 0. The summed E-state index contributed by atoms with van der Waals surface area (Å²) in [6, 6.07) is 7.09. The second kappa shape index (κ2) is 2.08. The second-order valence-electron chi connectivity index (χ2n) is 1.67. The van der Waals surface area contributed by atoms with Gasteiger partial charge in [0.15, 0.2) is 0 Å². The van der Waals surface area contributed by atoms with Crippen LogP contribution in [0.25, 0.3) is 0 Å². The summed E-state index contributed by atoms with van der Waals surface area (Å²) < 4.78 is 0. The van der Waals surface area contributed by atoms with Gasteiger partial charge in [-0.05, 0) is 0 Å². The molecule has 1 rings (SSSR count). The predicted octanol–water partition coefficient (Wildman–Crippen LogP) is -0.726. The molecule has 0 aliphatic rings. The standard InChI is InChI=1S/C6H4B2/c7-5-1-2-6(8)4-3-5/h1-4H. The maximum absolute atomic E-state index is 5.37. The first-order valence-corrected chi connectivity index (χ1v) is 2.40. The largest absolute Gasteiger partial charge is 0.113 e. The molecule has 0 N–H and O–H groups in total. The van der Waals surface area contributed by atoms with Gasteiger partial charge in [-0.15, -0.1) is 0 Å². The van der Waals surface area contributed by atoms with Crippen molar-refractivity contribution in [1.29, 1.82) is 0 Å². The highest BCUT2D eigenvalue weighted by Crippen LogP contribution is 1.72. The third kappa shape index (κ3) is 1.16. The van der Waals surface area contributed by atoms with Crippen LogP contribution in [0.4, 0.5) is 0 Å². The molecule has 4 radical (unpaired) electrons. The molecule has 1 aromatic rings. The minimum atomic E-state index is 0.749. The molecule has 8 heavy (non-hydrogen) atoms. The molecule has 2 heteroatoms. The van der Waals surface area contributed by atoms with Crippen LogP contribution in [0.1, 0.15) is 0 Å². The van der Waals surface area contributed by atoms with Gasteiger partial charge in [0.1, 0.15) is 15.7 Å². The van der Waals surface area contributed by atoms with Gasteiger partial charge in [-0.1, -0.05) is 35.2 Å². The van der Waals surface area contributed by atoms with Crippen molar-refractivity contribution < 1.29 is 0 Å². The Kier molecular flexibility index (Phi) is 1.43. The number of hydrogen-bond donors (Lipinski definition) is 0. The molecule has 0 bridgehead atoms. The van der Waals surface area contributed by atoms with E-state index >= 15 is 0 Å². The fraction of sp³-hybridized carbons (Fsp3) is 0. The summed E-state index contributed by atoms with van der Waals surface area (Å²) in [5.74, 6) is 0. The number of rotatable bonds is 0. The van der Waals surface area contributed by atoms with Crippen LogP contribution in [-0.4, -0.2) is 15.7 Å². The Labute approximate surface area is 51.7 Å². The van der Waals surface area contributed by atoms with E-state index in [-0.39, 0.29) is 0 Å². The van der Waals surface area contributed by atoms with Gasteiger partial charge in [0.2, 0.25) is 0 Å². The van der Waals surface area contributed by atoms with E-state index < -0.39 is 0 Å². The van der Waals surface area contributed by atoms with E-state index in [1.54, 1.807) is 24.3 Å². The molecule has 0 spiro atoms. The van der Waals surface area contributed by atoms with Gasteiger partial charge in [0.25, 0.3) is 0 Å². The van der Waals surface area contributed by atoms with Crippen LogP contribution < -0.4 is 10.9 Å². The van der Waals surface area contributed by atoms with E-state index in [1.165, 1.54) is 0 Å². The van der Waals surface area contributed by atoms with Gasteiger partial charge in [0, 0.05) is 0 Å². The first kappa shape index (κ1) is 5.49. The Morgan fingerprint density at radius 3 is 1.25 bits per heavy atom. The van der Waals surface area contributed by atoms with E-state index in [1.807, 2.05) is 0 Å². The molecule has 0 amide bonds. The van der Waals surface area contributed by atoms with Gasteiger partial charge in [0.05, 0.1) is 0 Å². The van der Waals surface area contributed by atoms with Gasteiger partial charge < -0.3 is 0 Å². The SMILES string of the molecule is [B]c1ccc([B])cc1. The van der Waals surface area contributed by atoms with Crippen molar-refractivity contribution in [3.63, 3.8) is 0 Å². The van der Waals surface area contributed by atoms with E-state index in [4.69, 9.17) is 15.7 Å². The quantitative estimate of drug-likeness (QED) is 0.375. The highest BCUT2D eigenvalue weighted by molar-refractivity contribution is 6.35. The average Bonchev–Trinajstić information content (AvgIpc) is 1.77. The van der Waals surface area contributed by atoms with E-state index in [9.17, 15) is 0 Å². The van der Waals surface area contributed by atoms with Crippen LogP contribution in [0.15, 0.2) is 24.3 Å². The van der Waals surface area contributed by atoms with Crippen LogP contribution in [0.5, 0.6) is 0 Å². The Morgan fingerprint density at radius 1 is 0.750 bits per heavy atom. The molecule has 0 saturated heterocycles. The van der Waals surface area contributed by atoms with Crippen LogP contribution in [0.2, 0.25) is 0 Å². The van der Waals surface area contributed by atoms with Crippen molar-refractivity contribution in [2.45, 2.75) is 0 Å². The van der Waals surface area contributed by atoms with E-state index in [2.05, 4.69) is 0 Å². The molecule has 0 aliphatic carbocycles. The fourth-order valence-corrected chi connectivity index (χ4v) is 0.496. The molecule has 0 aromatic heterocycles. The fourth-order valence-electron chi connectivity index (χ4n) is 0.496. The molecule has 1 aromatic carbocycles. The summed E-state index contributed by atoms with van der Waals surface area (Å²) in [6.07, 6.45) is 0. The summed E-state index contributed by atoms with van der Waals surface area (Å²) in [7, 11) is 10.7. The summed E-state index contributed by atoms with van der Waals surface area (Å²) in [5.41, 5.74) is 1.50. The van der Waals surface area contributed by atoms with Gasteiger partial charge >= 0.3 is 0 Å². The van der Waals surface area contributed by atoms with Crippen molar-refractivity contribution in [2.75, 3.05) is 0 Å². The van der Waals surface area contributed by atoms with Crippen molar-refractivity contribution in [3.05, 3.63) is 24.3 Å². The summed E-state index contributed by atoms with van der Waals surface area (Å²) in [4.78, 5) is 0. The Hall–Kier alpha value is -0.650. The lowest BCUT2D eigenvalue weighted by atomic mass is 9.90. The van der Waals surface area contributed by atoms with Crippen molar-refractivity contribution in [1.82, 2.24) is 0 Å². The molecule has 0 fully saturated rings. The monoisotopic (exact) mass is 98.0 g/mol. The first-order chi connectivity index (χ1) is 3.79. The lowest BCUT2D eigenvalue weighted by Crippen LogP contribution is -2.07. The second-order valence-corrected chi connectivity index (χ2v) is 1.67. The highest BCUT2D eigenvalue weighted by Gasteiger charge is 1.79. The van der Waals surface area contributed by atoms with Gasteiger partial charge in [-0.3, -0.25) is 0 Å². The highest BCUT2D eigenvalue weighted by atomic mass is 13.8. The van der Waals surface area contributed by atoms with Crippen LogP contribution in [0.3, 0.4) is 0 Å². The Bertz CT molecular complexity index is 145. The number of hydrogen-bond acceptors (Lipinski definition) is 0. The third-order valence-electron chi connectivity index (χ3n) is 0.936. The smallest absolute Gasteiger partial charge is 0.0967 e. The van der Waals surface area contributed by atoms with Crippen LogP contribution >= 0.6 is 0 Å². The third-order valence-corrected chi connectivity index (χ3v) is 0.936. The normalized spacial score (nSPS) is 9.00. The van der Waals surface area contributed by atoms with Crippen molar-refractivity contribution in [2.24, 2.45) is 0 Å². The molecule has 0 heterocycles. The topological polar surface area (TPSA) is 0 Å². The lowest BCUT2D eigenvalue weighted by Gasteiger charge is -1.90. The zero-order valence-electron chi connectivity index (χ0n) is 4.46. The molecule has 0 nitrogen and oxygen atoms in total. The zero-order valence-corrected chi connectivity index (χ0v) is 4.46. The molecular formula is C6H4B2. The minimum absolute atomic E-state index is 0.749. The lowest BCUT2D eigenvalue weighted by molar-refractivity contribution is 1.85. The van der Waals surface area contributed by atoms with Crippen molar-refractivity contribution in [3.8, 4) is 0 Å². The number of benzene rings is 1. The average molecular weight is 97.7 g/mol. The maximum Gasteiger partial charge on any atom is 0.113 e. The Morgan fingerprint density at radius 2 is 1.00 bits per heavy atom. The molecule has 34 valence electrons. The molecule has 0 aliphatic heterocycles. The van der Waals surface area contributed by atoms with E-state index in [0.717, 1.165) is 10.9 Å². The van der Waals surface area contributed by atoms with Gasteiger partial charge in [-0.25, -0.2) is 0 Å². The predicted molar refractivity (Wildman–Crippen MR) is 37.2 cm³/mol. The Balaban J connectivity index is 3.03.